The zero-order valence-corrected chi connectivity index (χ0v) is 19.2. The monoisotopic (exact) mass is 456 g/mol. The van der Waals surface area contributed by atoms with Crippen LogP contribution in [0.3, 0.4) is 0 Å². The molecule has 5 heteroatoms. The van der Waals surface area contributed by atoms with Crippen LogP contribution in [0.2, 0.25) is 0 Å². The highest BCUT2D eigenvalue weighted by Crippen LogP contribution is 2.53. The van der Waals surface area contributed by atoms with Gasteiger partial charge in [0.05, 0.1) is 21.0 Å². The van der Waals surface area contributed by atoms with Crippen molar-refractivity contribution < 1.29 is 0 Å². The Morgan fingerprint density at radius 3 is 2.18 bits per heavy atom. The van der Waals surface area contributed by atoms with E-state index in [4.69, 9.17) is 0 Å². The van der Waals surface area contributed by atoms with Gasteiger partial charge in [-0.05, 0) is 46.7 Å². The number of para-hydroxylation sites is 2. The molecule has 0 saturated carbocycles. The van der Waals surface area contributed by atoms with Crippen molar-refractivity contribution >= 4 is 78.0 Å². The van der Waals surface area contributed by atoms with Crippen LogP contribution < -0.4 is 15.1 Å². The maximum Gasteiger partial charge on any atom is 0.421 e. The van der Waals surface area contributed by atoms with Crippen LogP contribution in [-0.4, -0.2) is 6.98 Å². The van der Waals surface area contributed by atoms with Gasteiger partial charge >= 0.3 is 6.98 Å². The minimum Gasteiger partial charge on any atom is -0.359 e. The number of hydrogen-bond acceptors (Lipinski definition) is 4. The van der Waals surface area contributed by atoms with Crippen molar-refractivity contribution in [1.82, 2.24) is 0 Å². The van der Waals surface area contributed by atoms with Crippen LogP contribution >= 0.6 is 22.7 Å². The Balaban J connectivity index is 1.47. The highest BCUT2D eigenvalue weighted by atomic mass is 32.1. The molecule has 33 heavy (non-hydrogen) atoms. The van der Waals surface area contributed by atoms with Gasteiger partial charge < -0.3 is 9.62 Å². The van der Waals surface area contributed by atoms with E-state index in [9.17, 15) is 0 Å². The molecular formula is C28H17BN2S2. The SMILES string of the molecule is c1ccc2c(c1)B1N(c3ccccc3N1c1cccc3c1sc1ccccc13)c1ccsc1-2. The summed E-state index contributed by atoms with van der Waals surface area (Å²) in [6, 6.07) is 35.6. The van der Waals surface area contributed by atoms with E-state index >= 15 is 0 Å². The predicted molar refractivity (Wildman–Crippen MR) is 145 cm³/mol. The van der Waals surface area contributed by atoms with Gasteiger partial charge in [-0.2, -0.15) is 0 Å². The van der Waals surface area contributed by atoms with E-state index in [1.807, 2.05) is 22.7 Å². The second-order valence-corrected chi connectivity index (χ2v) is 10.5. The maximum absolute atomic E-state index is 2.56. The van der Waals surface area contributed by atoms with Crippen molar-refractivity contribution in [2.24, 2.45) is 0 Å². The number of rotatable bonds is 1. The van der Waals surface area contributed by atoms with E-state index in [2.05, 4.69) is 112 Å². The molecule has 4 aromatic carbocycles. The van der Waals surface area contributed by atoms with Crippen molar-refractivity contribution in [3.8, 4) is 10.4 Å². The Morgan fingerprint density at radius 2 is 1.27 bits per heavy atom. The van der Waals surface area contributed by atoms with Gasteiger partial charge in [0.2, 0.25) is 0 Å². The summed E-state index contributed by atoms with van der Waals surface area (Å²) < 4.78 is 2.69. The molecule has 0 amide bonds. The number of hydrogen-bond donors (Lipinski definition) is 0. The van der Waals surface area contributed by atoms with Gasteiger partial charge in [-0.15, -0.1) is 22.7 Å². The molecule has 0 unspecified atom stereocenters. The van der Waals surface area contributed by atoms with E-state index < -0.39 is 0 Å². The molecule has 0 radical (unpaired) electrons. The van der Waals surface area contributed by atoms with Gasteiger partial charge in [0.1, 0.15) is 0 Å². The largest absolute Gasteiger partial charge is 0.421 e. The molecule has 154 valence electrons. The minimum atomic E-state index is 0.0940. The standard InChI is InChI=1S/C28H17BN2S2/c1-3-11-21-20(9-1)27-25(16-17-32-27)31-23-13-5-4-12-22(23)30(29(21)31)24-14-7-10-19-18-8-2-6-15-26(18)33-28(19)24/h1-17H. The summed E-state index contributed by atoms with van der Waals surface area (Å²) in [4.78, 5) is 6.46. The molecule has 0 fully saturated rings. The number of thiophene rings is 2. The molecule has 0 atom stereocenters. The average Bonchev–Trinajstić information content (AvgIpc) is 3.58. The summed E-state index contributed by atoms with van der Waals surface area (Å²) in [7, 11) is 0. The molecule has 0 aliphatic carbocycles. The zero-order chi connectivity index (χ0) is 21.5. The van der Waals surface area contributed by atoms with Crippen LogP contribution in [0.5, 0.6) is 0 Å². The first-order chi connectivity index (χ1) is 16.4. The van der Waals surface area contributed by atoms with E-state index in [1.165, 1.54) is 58.8 Å². The molecule has 0 N–H and O–H groups in total. The van der Waals surface area contributed by atoms with Crippen molar-refractivity contribution in [2.45, 2.75) is 0 Å². The summed E-state index contributed by atoms with van der Waals surface area (Å²) in [5.41, 5.74) is 7.84. The maximum atomic E-state index is 2.56. The fourth-order valence-electron chi connectivity index (χ4n) is 5.60. The lowest BCUT2D eigenvalue weighted by atomic mass is 9.60. The van der Waals surface area contributed by atoms with E-state index in [-0.39, 0.29) is 6.98 Å². The van der Waals surface area contributed by atoms with Crippen molar-refractivity contribution in [3.05, 3.63) is 102 Å². The van der Waals surface area contributed by atoms with Gasteiger partial charge in [-0.3, -0.25) is 0 Å². The Hall–Kier alpha value is -3.54. The third kappa shape index (κ3) is 2.28. The summed E-state index contributed by atoms with van der Waals surface area (Å²) in [5, 5.41) is 4.90. The summed E-state index contributed by atoms with van der Waals surface area (Å²) in [5.74, 6) is 0. The summed E-state index contributed by atoms with van der Waals surface area (Å²) >= 11 is 3.74. The number of nitrogens with zero attached hydrogens (tertiary/aromatic N) is 2. The molecule has 4 heterocycles. The first-order valence-electron chi connectivity index (χ1n) is 11.1. The molecule has 2 aliphatic heterocycles. The van der Waals surface area contributed by atoms with E-state index in [0.29, 0.717) is 0 Å². The average molecular weight is 456 g/mol. The topological polar surface area (TPSA) is 6.48 Å². The smallest absolute Gasteiger partial charge is 0.359 e. The predicted octanol–water partition coefficient (Wildman–Crippen LogP) is 7.78. The molecule has 2 aromatic heterocycles. The molecule has 0 saturated heterocycles. The van der Waals surface area contributed by atoms with Crippen LogP contribution in [0.4, 0.5) is 22.7 Å². The Bertz CT molecular complexity index is 1720. The molecule has 0 bridgehead atoms. The number of anilines is 4. The quantitative estimate of drug-likeness (QED) is 0.233. The third-order valence-corrected chi connectivity index (χ3v) is 9.07. The zero-order valence-electron chi connectivity index (χ0n) is 17.6. The highest BCUT2D eigenvalue weighted by molar-refractivity contribution is 7.26. The van der Waals surface area contributed by atoms with Crippen molar-refractivity contribution in [2.75, 3.05) is 9.62 Å². The van der Waals surface area contributed by atoms with Crippen LogP contribution in [0.15, 0.2) is 102 Å². The summed E-state index contributed by atoms with van der Waals surface area (Å²) in [6.45, 7) is 0.0940. The van der Waals surface area contributed by atoms with Gasteiger partial charge in [-0.25, -0.2) is 0 Å². The van der Waals surface area contributed by atoms with Crippen molar-refractivity contribution in [3.63, 3.8) is 0 Å². The first kappa shape index (κ1) is 18.0. The number of fused-ring (bicyclic) bond motifs is 11. The van der Waals surface area contributed by atoms with Gasteiger partial charge in [0, 0.05) is 26.8 Å². The highest BCUT2D eigenvalue weighted by Gasteiger charge is 2.48. The molecule has 2 aliphatic rings. The van der Waals surface area contributed by atoms with Crippen molar-refractivity contribution in [1.29, 1.82) is 0 Å². The van der Waals surface area contributed by atoms with Crippen LogP contribution in [-0.2, 0) is 0 Å². The van der Waals surface area contributed by atoms with Crippen LogP contribution in [0.1, 0.15) is 0 Å². The second kappa shape index (κ2) is 6.50. The Labute approximate surface area is 200 Å². The molecule has 6 aromatic rings. The fourth-order valence-corrected chi connectivity index (χ4v) is 7.74. The second-order valence-electron chi connectivity index (χ2n) is 8.58. The molecule has 8 rings (SSSR count). The number of benzene rings is 4. The first-order valence-corrected chi connectivity index (χ1v) is 12.8. The lowest BCUT2D eigenvalue weighted by molar-refractivity contribution is 1.41. The fraction of sp³-hybridized carbons (Fsp3) is 0. The Kier molecular flexibility index (Phi) is 3.54. The van der Waals surface area contributed by atoms with E-state index in [1.54, 1.807) is 0 Å². The third-order valence-electron chi connectivity index (χ3n) is 6.92. The van der Waals surface area contributed by atoms with Gasteiger partial charge in [-0.1, -0.05) is 66.7 Å². The molecular weight excluding hydrogens is 439 g/mol. The van der Waals surface area contributed by atoms with Gasteiger partial charge in [0.15, 0.2) is 0 Å². The van der Waals surface area contributed by atoms with Gasteiger partial charge in [0.25, 0.3) is 0 Å². The normalized spacial score (nSPS) is 13.9. The van der Waals surface area contributed by atoms with E-state index in [0.717, 1.165) is 0 Å². The molecule has 2 nitrogen and oxygen atoms in total. The minimum absolute atomic E-state index is 0.0940. The van der Waals surface area contributed by atoms with Crippen LogP contribution in [0, 0.1) is 0 Å². The van der Waals surface area contributed by atoms with Crippen LogP contribution in [0.25, 0.3) is 30.6 Å². The lowest BCUT2D eigenvalue weighted by Crippen LogP contribution is -2.55. The lowest BCUT2D eigenvalue weighted by Gasteiger charge is -2.35. The molecule has 0 spiro atoms. The summed E-state index contributed by atoms with van der Waals surface area (Å²) in [6.07, 6.45) is 0. The Morgan fingerprint density at radius 1 is 0.576 bits per heavy atom.